The number of aromatic nitrogens is 1. The molecule has 0 spiro atoms. The number of halogens is 2. The Morgan fingerprint density at radius 2 is 1.85 bits per heavy atom. The third kappa shape index (κ3) is 2.51. The first-order valence-corrected chi connectivity index (χ1v) is 6.35. The fourth-order valence-corrected chi connectivity index (χ4v) is 2.13. The van der Waals surface area contributed by atoms with Gasteiger partial charge in [0.15, 0.2) is 0 Å². The van der Waals surface area contributed by atoms with Crippen LogP contribution in [0.25, 0.3) is 10.9 Å². The maximum Gasteiger partial charge on any atom is 0.272 e. The molecule has 0 aliphatic carbocycles. The van der Waals surface area contributed by atoms with Crippen LogP contribution in [-0.4, -0.2) is 10.9 Å². The molecule has 1 amide bonds. The average molecular weight is 289 g/mol. The summed E-state index contributed by atoms with van der Waals surface area (Å²) < 4.78 is 12.8. The number of aromatic amines is 1. The molecule has 0 bridgehead atoms. The van der Waals surface area contributed by atoms with Crippen LogP contribution in [0.2, 0.25) is 5.02 Å². The van der Waals surface area contributed by atoms with Gasteiger partial charge in [-0.05, 0) is 42.5 Å². The van der Waals surface area contributed by atoms with Gasteiger partial charge in [0.1, 0.15) is 11.5 Å². The highest BCUT2D eigenvalue weighted by atomic mass is 35.5. The SMILES string of the molecule is O=C(Nc1ccc(F)cc1)c1cc2ccc(Cl)cc2[nH]1. The van der Waals surface area contributed by atoms with Crippen LogP contribution < -0.4 is 5.32 Å². The monoisotopic (exact) mass is 288 g/mol. The molecule has 0 saturated heterocycles. The third-order valence-electron chi connectivity index (χ3n) is 2.93. The molecule has 0 aliphatic rings. The predicted octanol–water partition coefficient (Wildman–Crippen LogP) is 4.21. The number of carbonyl (C=O) groups is 1. The molecule has 0 atom stereocenters. The van der Waals surface area contributed by atoms with Gasteiger partial charge >= 0.3 is 0 Å². The van der Waals surface area contributed by atoms with Gasteiger partial charge < -0.3 is 10.3 Å². The summed E-state index contributed by atoms with van der Waals surface area (Å²) in [5, 5.41) is 4.19. The molecular weight excluding hydrogens is 279 g/mol. The van der Waals surface area contributed by atoms with E-state index in [4.69, 9.17) is 11.6 Å². The van der Waals surface area contributed by atoms with E-state index in [2.05, 4.69) is 10.3 Å². The summed E-state index contributed by atoms with van der Waals surface area (Å²) in [6.07, 6.45) is 0. The molecule has 0 aliphatic heterocycles. The van der Waals surface area contributed by atoms with Crippen molar-refractivity contribution in [2.24, 2.45) is 0 Å². The second-order valence-electron chi connectivity index (χ2n) is 4.38. The van der Waals surface area contributed by atoms with E-state index in [1.54, 1.807) is 18.2 Å². The van der Waals surface area contributed by atoms with Crippen molar-refractivity contribution in [3.05, 3.63) is 65.1 Å². The lowest BCUT2D eigenvalue weighted by molar-refractivity contribution is 0.102. The highest BCUT2D eigenvalue weighted by molar-refractivity contribution is 6.31. The number of anilines is 1. The molecule has 0 radical (unpaired) electrons. The lowest BCUT2D eigenvalue weighted by Gasteiger charge is -2.02. The first-order valence-electron chi connectivity index (χ1n) is 5.97. The van der Waals surface area contributed by atoms with Gasteiger partial charge in [0.05, 0.1) is 0 Å². The molecule has 20 heavy (non-hydrogen) atoms. The smallest absolute Gasteiger partial charge is 0.272 e. The van der Waals surface area contributed by atoms with Gasteiger partial charge in [0.25, 0.3) is 5.91 Å². The molecule has 5 heteroatoms. The zero-order chi connectivity index (χ0) is 14.1. The fourth-order valence-electron chi connectivity index (χ4n) is 1.95. The second-order valence-corrected chi connectivity index (χ2v) is 4.81. The van der Waals surface area contributed by atoms with Crippen LogP contribution in [-0.2, 0) is 0 Å². The van der Waals surface area contributed by atoms with Crippen molar-refractivity contribution in [1.82, 2.24) is 4.98 Å². The van der Waals surface area contributed by atoms with Crippen LogP contribution in [0.1, 0.15) is 10.5 Å². The Morgan fingerprint density at radius 3 is 2.60 bits per heavy atom. The highest BCUT2D eigenvalue weighted by Crippen LogP contribution is 2.20. The third-order valence-corrected chi connectivity index (χ3v) is 3.17. The minimum absolute atomic E-state index is 0.288. The number of H-pyrrole nitrogens is 1. The molecule has 1 aromatic heterocycles. The summed E-state index contributed by atoms with van der Waals surface area (Å²) in [5.41, 5.74) is 1.75. The number of fused-ring (bicyclic) bond motifs is 1. The Kier molecular flexibility index (Phi) is 3.16. The van der Waals surface area contributed by atoms with Crippen LogP contribution >= 0.6 is 11.6 Å². The standard InChI is InChI=1S/C15H10ClFN2O/c16-10-2-1-9-7-14(19-13(9)8-10)15(20)18-12-5-3-11(17)4-6-12/h1-8,19H,(H,18,20). The van der Waals surface area contributed by atoms with Crippen molar-refractivity contribution in [3.8, 4) is 0 Å². The maximum absolute atomic E-state index is 12.8. The summed E-state index contributed by atoms with van der Waals surface area (Å²) in [5.74, 6) is -0.632. The van der Waals surface area contributed by atoms with Crippen molar-refractivity contribution in [1.29, 1.82) is 0 Å². The van der Waals surface area contributed by atoms with Crippen molar-refractivity contribution >= 4 is 34.1 Å². The summed E-state index contributed by atoms with van der Waals surface area (Å²) in [7, 11) is 0. The van der Waals surface area contributed by atoms with Crippen molar-refractivity contribution in [2.45, 2.75) is 0 Å². The van der Waals surface area contributed by atoms with Gasteiger partial charge in [0, 0.05) is 21.6 Å². The normalized spacial score (nSPS) is 10.7. The molecule has 100 valence electrons. The Morgan fingerprint density at radius 1 is 1.10 bits per heavy atom. The zero-order valence-electron chi connectivity index (χ0n) is 10.3. The van der Waals surface area contributed by atoms with E-state index < -0.39 is 0 Å². The lowest BCUT2D eigenvalue weighted by atomic mass is 10.2. The van der Waals surface area contributed by atoms with Crippen LogP contribution in [0.5, 0.6) is 0 Å². The Hall–Kier alpha value is -2.33. The van der Waals surface area contributed by atoms with Crippen LogP contribution in [0.15, 0.2) is 48.5 Å². The topological polar surface area (TPSA) is 44.9 Å². The van der Waals surface area contributed by atoms with Gasteiger partial charge in [-0.1, -0.05) is 17.7 Å². The highest BCUT2D eigenvalue weighted by Gasteiger charge is 2.10. The van der Waals surface area contributed by atoms with Crippen molar-refractivity contribution in [2.75, 3.05) is 5.32 Å². The van der Waals surface area contributed by atoms with Crippen molar-refractivity contribution < 1.29 is 9.18 Å². The minimum Gasteiger partial charge on any atom is -0.350 e. The summed E-state index contributed by atoms with van der Waals surface area (Å²) in [4.78, 5) is 15.1. The molecule has 0 saturated carbocycles. The largest absolute Gasteiger partial charge is 0.350 e. The molecule has 2 N–H and O–H groups in total. The van der Waals surface area contributed by atoms with E-state index in [1.165, 1.54) is 24.3 Å². The fraction of sp³-hybridized carbons (Fsp3) is 0. The van der Waals surface area contributed by atoms with E-state index in [9.17, 15) is 9.18 Å². The minimum atomic E-state index is -0.344. The quantitative estimate of drug-likeness (QED) is 0.729. The number of hydrogen-bond acceptors (Lipinski definition) is 1. The maximum atomic E-state index is 12.8. The zero-order valence-corrected chi connectivity index (χ0v) is 11.0. The van der Waals surface area contributed by atoms with Crippen LogP contribution in [0.4, 0.5) is 10.1 Å². The Balaban J connectivity index is 1.86. The molecule has 3 nitrogen and oxygen atoms in total. The van der Waals surface area contributed by atoms with E-state index in [0.717, 1.165) is 10.9 Å². The Bertz CT molecular complexity index is 780. The van der Waals surface area contributed by atoms with Gasteiger partial charge in [-0.3, -0.25) is 4.79 Å². The molecule has 0 unspecified atom stereocenters. The summed E-state index contributed by atoms with van der Waals surface area (Å²) in [6, 6.07) is 12.7. The number of rotatable bonds is 2. The number of nitrogens with one attached hydrogen (secondary N) is 2. The van der Waals surface area contributed by atoms with Crippen LogP contribution in [0, 0.1) is 5.82 Å². The molecule has 1 heterocycles. The van der Waals surface area contributed by atoms with E-state index in [-0.39, 0.29) is 11.7 Å². The predicted molar refractivity (Wildman–Crippen MR) is 77.7 cm³/mol. The van der Waals surface area contributed by atoms with E-state index >= 15 is 0 Å². The van der Waals surface area contributed by atoms with E-state index in [0.29, 0.717) is 16.4 Å². The molecule has 3 rings (SSSR count). The molecule has 2 aromatic carbocycles. The number of amides is 1. The average Bonchev–Trinajstić information content (AvgIpc) is 2.84. The number of carbonyl (C=O) groups excluding carboxylic acids is 1. The summed E-state index contributed by atoms with van der Waals surface area (Å²) in [6.45, 7) is 0. The van der Waals surface area contributed by atoms with Crippen LogP contribution in [0.3, 0.4) is 0 Å². The molecule has 0 fully saturated rings. The number of hydrogen-bond donors (Lipinski definition) is 2. The lowest BCUT2D eigenvalue weighted by Crippen LogP contribution is -2.12. The van der Waals surface area contributed by atoms with E-state index in [1.807, 2.05) is 6.07 Å². The number of benzene rings is 2. The second kappa shape index (κ2) is 4.98. The molecular formula is C15H10ClFN2O. The van der Waals surface area contributed by atoms with Crippen molar-refractivity contribution in [3.63, 3.8) is 0 Å². The first kappa shape index (κ1) is 12.7. The van der Waals surface area contributed by atoms with Gasteiger partial charge in [-0.2, -0.15) is 0 Å². The van der Waals surface area contributed by atoms with Gasteiger partial charge in [-0.15, -0.1) is 0 Å². The molecule has 3 aromatic rings. The van der Waals surface area contributed by atoms with Gasteiger partial charge in [0.2, 0.25) is 0 Å². The first-order chi connectivity index (χ1) is 9.61. The van der Waals surface area contributed by atoms with Gasteiger partial charge in [-0.25, -0.2) is 4.39 Å². The Labute approximate surface area is 119 Å². The summed E-state index contributed by atoms with van der Waals surface area (Å²) >= 11 is 5.90.